The van der Waals surface area contributed by atoms with Crippen LogP contribution in [-0.4, -0.2) is 27.1 Å². The largest absolute Gasteiger partial charge is 0.492 e. The number of carbonyl (C=O) groups is 1. The second-order valence-corrected chi connectivity index (χ2v) is 5.46. The first-order valence-corrected chi connectivity index (χ1v) is 7.47. The van der Waals surface area contributed by atoms with Gasteiger partial charge in [-0.1, -0.05) is 44.2 Å². The molecule has 4 heteroatoms. The van der Waals surface area contributed by atoms with Gasteiger partial charge < -0.3 is 14.2 Å². The zero-order valence-electron chi connectivity index (χ0n) is 14.2. The Morgan fingerprint density at radius 1 is 0.870 bits per heavy atom. The summed E-state index contributed by atoms with van der Waals surface area (Å²) in [5.41, 5.74) is 1.98. The lowest BCUT2D eigenvalue weighted by Gasteiger charge is -2.20. The summed E-state index contributed by atoms with van der Waals surface area (Å²) < 4.78 is 16.4. The third kappa shape index (κ3) is 3.16. The quantitative estimate of drug-likeness (QED) is 0.754. The monoisotopic (exact) mass is 314 g/mol. The minimum absolute atomic E-state index is 0.106. The first kappa shape index (κ1) is 16.9. The molecule has 0 aliphatic carbocycles. The van der Waals surface area contributed by atoms with Gasteiger partial charge in [0.15, 0.2) is 17.3 Å². The number of ether oxygens (including phenoxy) is 3. The molecule has 0 saturated heterocycles. The van der Waals surface area contributed by atoms with Gasteiger partial charge in [-0.2, -0.15) is 0 Å². The molecule has 4 nitrogen and oxygen atoms in total. The van der Waals surface area contributed by atoms with Crippen LogP contribution in [-0.2, 0) is 0 Å². The van der Waals surface area contributed by atoms with Crippen molar-refractivity contribution >= 4 is 5.78 Å². The molecule has 0 spiro atoms. The van der Waals surface area contributed by atoms with E-state index in [1.807, 2.05) is 38.1 Å². The van der Waals surface area contributed by atoms with Gasteiger partial charge in [-0.3, -0.25) is 4.79 Å². The van der Waals surface area contributed by atoms with E-state index >= 15 is 0 Å². The second kappa shape index (κ2) is 7.18. The van der Waals surface area contributed by atoms with E-state index in [0.29, 0.717) is 28.4 Å². The van der Waals surface area contributed by atoms with Crippen LogP contribution in [0.5, 0.6) is 17.2 Å². The molecule has 2 aromatic carbocycles. The van der Waals surface area contributed by atoms with E-state index in [1.54, 1.807) is 26.4 Å². The molecule has 0 unspecified atom stereocenters. The van der Waals surface area contributed by atoms with Crippen LogP contribution in [0.4, 0.5) is 0 Å². The molecule has 23 heavy (non-hydrogen) atoms. The Balaban J connectivity index is 2.72. The molecular weight excluding hydrogens is 292 g/mol. The maximum atomic E-state index is 12.9. The van der Waals surface area contributed by atoms with Crippen LogP contribution in [0, 0.1) is 0 Å². The van der Waals surface area contributed by atoms with Crippen molar-refractivity contribution in [1.82, 2.24) is 0 Å². The van der Waals surface area contributed by atoms with E-state index < -0.39 is 0 Å². The van der Waals surface area contributed by atoms with Gasteiger partial charge in [-0.25, -0.2) is 0 Å². The molecule has 122 valence electrons. The SMILES string of the molecule is COc1c(C(=O)c2ccccc2)cc(C(C)C)c(OC)c1OC. The molecule has 0 aromatic heterocycles. The maximum absolute atomic E-state index is 12.9. The fourth-order valence-corrected chi connectivity index (χ4v) is 2.58. The fraction of sp³-hybridized carbons (Fsp3) is 0.316. The Bertz CT molecular complexity index is 690. The number of carbonyl (C=O) groups excluding carboxylic acids is 1. The highest BCUT2D eigenvalue weighted by Crippen LogP contribution is 2.45. The lowest BCUT2D eigenvalue weighted by atomic mass is 9.94. The van der Waals surface area contributed by atoms with E-state index in [-0.39, 0.29) is 11.7 Å². The van der Waals surface area contributed by atoms with Crippen molar-refractivity contribution in [2.75, 3.05) is 21.3 Å². The molecule has 0 aliphatic rings. The minimum atomic E-state index is -0.106. The molecule has 2 rings (SSSR count). The Morgan fingerprint density at radius 2 is 1.43 bits per heavy atom. The fourth-order valence-electron chi connectivity index (χ4n) is 2.58. The number of rotatable bonds is 6. The van der Waals surface area contributed by atoms with Crippen molar-refractivity contribution in [2.45, 2.75) is 19.8 Å². The van der Waals surface area contributed by atoms with Crippen molar-refractivity contribution in [3.63, 3.8) is 0 Å². The van der Waals surface area contributed by atoms with E-state index in [1.165, 1.54) is 7.11 Å². The van der Waals surface area contributed by atoms with Gasteiger partial charge >= 0.3 is 0 Å². The summed E-state index contributed by atoms with van der Waals surface area (Å²) in [7, 11) is 4.65. The number of hydrogen-bond acceptors (Lipinski definition) is 4. The first-order valence-electron chi connectivity index (χ1n) is 7.47. The van der Waals surface area contributed by atoms with Gasteiger partial charge in [0.25, 0.3) is 0 Å². The third-order valence-corrected chi connectivity index (χ3v) is 3.73. The van der Waals surface area contributed by atoms with Crippen LogP contribution in [0.3, 0.4) is 0 Å². The lowest BCUT2D eigenvalue weighted by Crippen LogP contribution is -2.09. The predicted molar refractivity (Wildman–Crippen MR) is 90.1 cm³/mol. The van der Waals surface area contributed by atoms with Crippen LogP contribution >= 0.6 is 0 Å². The van der Waals surface area contributed by atoms with Crippen LogP contribution in [0.15, 0.2) is 36.4 Å². The van der Waals surface area contributed by atoms with E-state index in [4.69, 9.17) is 14.2 Å². The molecule has 0 atom stereocenters. The molecule has 0 aliphatic heterocycles. The predicted octanol–water partition coefficient (Wildman–Crippen LogP) is 4.07. The molecule has 2 aromatic rings. The molecule has 0 fully saturated rings. The van der Waals surface area contributed by atoms with Crippen molar-refractivity contribution < 1.29 is 19.0 Å². The van der Waals surface area contributed by atoms with Crippen LogP contribution < -0.4 is 14.2 Å². The Morgan fingerprint density at radius 3 is 1.91 bits per heavy atom. The average molecular weight is 314 g/mol. The molecule has 0 radical (unpaired) electrons. The number of methoxy groups -OCH3 is 3. The number of benzene rings is 2. The van der Waals surface area contributed by atoms with Gasteiger partial charge in [0.2, 0.25) is 5.75 Å². The van der Waals surface area contributed by atoms with E-state index in [0.717, 1.165) is 5.56 Å². The molecule has 0 heterocycles. The van der Waals surface area contributed by atoms with Gasteiger partial charge in [0.05, 0.1) is 26.9 Å². The van der Waals surface area contributed by atoms with Gasteiger partial charge in [0.1, 0.15) is 0 Å². The smallest absolute Gasteiger partial charge is 0.204 e. The Kier molecular flexibility index (Phi) is 5.27. The summed E-state index contributed by atoms with van der Waals surface area (Å²) in [6.45, 7) is 4.08. The van der Waals surface area contributed by atoms with Crippen LogP contribution in [0.25, 0.3) is 0 Å². The lowest BCUT2D eigenvalue weighted by molar-refractivity contribution is 0.103. The summed E-state index contributed by atoms with van der Waals surface area (Å²) in [5.74, 6) is 1.50. The first-order chi connectivity index (χ1) is 11.0. The minimum Gasteiger partial charge on any atom is -0.492 e. The Labute approximate surface area is 137 Å². The topological polar surface area (TPSA) is 44.8 Å². The molecule has 0 bridgehead atoms. The third-order valence-electron chi connectivity index (χ3n) is 3.73. The van der Waals surface area contributed by atoms with Crippen LogP contribution in [0.2, 0.25) is 0 Å². The standard InChI is InChI=1S/C19H22O4/c1-12(2)14-11-15(16(20)13-9-7-6-8-10-13)18(22-4)19(23-5)17(14)21-3/h6-12H,1-5H3. The Hall–Kier alpha value is -2.49. The number of ketones is 1. The summed E-state index contributed by atoms with van der Waals surface area (Å²) in [5, 5.41) is 0. The second-order valence-electron chi connectivity index (χ2n) is 5.46. The normalized spacial score (nSPS) is 10.5. The van der Waals surface area contributed by atoms with Crippen molar-refractivity contribution in [3.8, 4) is 17.2 Å². The van der Waals surface area contributed by atoms with Crippen molar-refractivity contribution in [2.24, 2.45) is 0 Å². The average Bonchev–Trinajstić information content (AvgIpc) is 2.59. The van der Waals surface area contributed by atoms with Gasteiger partial charge in [-0.05, 0) is 12.0 Å². The zero-order chi connectivity index (χ0) is 17.0. The van der Waals surface area contributed by atoms with Crippen molar-refractivity contribution in [3.05, 3.63) is 53.1 Å². The number of hydrogen-bond donors (Lipinski definition) is 0. The van der Waals surface area contributed by atoms with E-state index in [2.05, 4.69) is 0 Å². The maximum Gasteiger partial charge on any atom is 0.204 e. The summed E-state index contributed by atoms with van der Waals surface area (Å²) in [6.07, 6.45) is 0. The van der Waals surface area contributed by atoms with Crippen LogP contribution in [0.1, 0.15) is 41.3 Å². The molecule has 0 saturated carbocycles. The highest BCUT2D eigenvalue weighted by molar-refractivity contribution is 6.11. The summed E-state index contributed by atoms with van der Waals surface area (Å²) in [6, 6.07) is 11.0. The van der Waals surface area contributed by atoms with Crippen molar-refractivity contribution in [1.29, 1.82) is 0 Å². The highest BCUT2D eigenvalue weighted by Gasteiger charge is 2.26. The van der Waals surface area contributed by atoms with E-state index in [9.17, 15) is 4.79 Å². The zero-order valence-corrected chi connectivity index (χ0v) is 14.2. The summed E-state index contributed by atoms with van der Waals surface area (Å²) in [4.78, 5) is 12.9. The van der Waals surface area contributed by atoms with Gasteiger partial charge in [-0.15, -0.1) is 0 Å². The van der Waals surface area contributed by atoms with Gasteiger partial charge in [0, 0.05) is 11.1 Å². The molecular formula is C19H22O4. The summed E-state index contributed by atoms with van der Waals surface area (Å²) >= 11 is 0. The molecule has 0 N–H and O–H groups in total. The molecule has 0 amide bonds. The highest BCUT2D eigenvalue weighted by atomic mass is 16.5.